The number of amides is 1. The Bertz CT molecular complexity index is 1640. The molecule has 37 heavy (non-hydrogen) atoms. The monoisotopic (exact) mass is 541 g/mol. The molecule has 180 valence electrons. The van der Waals surface area contributed by atoms with E-state index in [9.17, 15) is 4.79 Å². The summed E-state index contributed by atoms with van der Waals surface area (Å²) in [4.78, 5) is 24.6. The van der Waals surface area contributed by atoms with Crippen molar-refractivity contribution in [3.63, 3.8) is 0 Å². The molecule has 0 saturated carbocycles. The van der Waals surface area contributed by atoms with Crippen molar-refractivity contribution in [1.82, 2.24) is 4.98 Å². The molecule has 5 aromatic rings. The van der Waals surface area contributed by atoms with E-state index in [1.165, 1.54) is 11.3 Å². The van der Waals surface area contributed by atoms with E-state index in [1.807, 2.05) is 84.9 Å². The summed E-state index contributed by atoms with van der Waals surface area (Å²) in [5.41, 5.74) is 2.61. The average molecular weight is 542 g/mol. The number of anilines is 1. The van der Waals surface area contributed by atoms with Crippen molar-refractivity contribution in [2.24, 2.45) is 4.99 Å². The zero-order chi connectivity index (χ0) is 25.4. The first-order chi connectivity index (χ1) is 18.0. The Morgan fingerprint density at radius 3 is 2.19 bits per heavy atom. The number of nitrogens with zero attached hydrogens (tertiary/aromatic N) is 3. The van der Waals surface area contributed by atoms with Gasteiger partial charge in [-0.15, -0.1) is 0 Å². The van der Waals surface area contributed by atoms with Crippen molar-refractivity contribution < 1.29 is 9.53 Å². The van der Waals surface area contributed by atoms with Crippen LogP contribution in [0.4, 0.5) is 5.13 Å². The van der Waals surface area contributed by atoms with Gasteiger partial charge < -0.3 is 4.74 Å². The number of carbonyl (C=O) groups excluding carboxylic acids is 1. The minimum absolute atomic E-state index is 0.264. The second-order valence-electron chi connectivity index (χ2n) is 8.19. The number of hydrogen-bond acceptors (Lipinski definition) is 5. The van der Waals surface area contributed by atoms with Crippen LogP contribution in [0.2, 0.25) is 10.0 Å². The number of halogens is 2. The second kappa shape index (κ2) is 9.82. The van der Waals surface area contributed by atoms with Crippen molar-refractivity contribution in [3.8, 4) is 11.5 Å². The fraction of sp³-hybridized carbons (Fsp3) is 0. The van der Waals surface area contributed by atoms with E-state index in [-0.39, 0.29) is 5.91 Å². The van der Waals surface area contributed by atoms with Crippen LogP contribution in [0, 0.1) is 0 Å². The van der Waals surface area contributed by atoms with E-state index >= 15 is 0 Å². The molecule has 8 heteroatoms. The van der Waals surface area contributed by atoms with Crippen LogP contribution in [0.15, 0.2) is 108 Å². The largest absolute Gasteiger partial charge is 0.457 e. The first kappa shape index (κ1) is 23.4. The number of fused-ring (bicyclic) bond motifs is 1. The molecule has 0 atom stereocenters. The van der Waals surface area contributed by atoms with E-state index in [2.05, 4.69) is 4.98 Å². The van der Waals surface area contributed by atoms with Crippen LogP contribution in [0.25, 0.3) is 16.3 Å². The summed E-state index contributed by atoms with van der Waals surface area (Å²) in [7, 11) is 0. The zero-order valence-corrected chi connectivity index (χ0v) is 21.5. The Morgan fingerprint density at radius 2 is 1.46 bits per heavy atom. The van der Waals surface area contributed by atoms with E-state index in [0.29, 0.717) is 38.0 Å². The van der Waals surface area contributed by atoms with Crippen molar-refractivity contribution in [1.29, 1.82) is 0 Å². The lowest BCUT2D eigenvalue weighted by atomic mass is 10.2. The zero-order valence-electron chi connectivity index (χ0n) is 19.1. The minimum Gasteiger partial charge on any atom is -0.457 e. The van der Waals surface area contributed by atoms with Gasteiger partial charge in [0.15, 0.2) is 5.13 Å². The third-order valence-corrected chi connectivity index (χ3v) is 7.39. The van der Waals surface area contributed by atoms with Crippen LogP contribution >= 0.6 is 34.5 Å². The molecule has 0 radical (unpaired) electrons. The van der Waals surface area contributed by atoms with Crippen LogP contribution in [0.5, 0.6) is 11.5 Å². The number of para-hydroxylation sites is 1. The standard InChI is InChI=1S/C29H17Cl2N3O2S/c30-22-16-24-26(17-23(22)31)37-29(33-24)34-27(19-7-3-1-4-8-19)32-25(28(34)35)15-18-11-13-21(14-12-18)36-20-9-5-2-6-10-20/h1-17H. The highest BCUT2D eigenvalue weighted by Crippen LogP contribution is 2.37. The second-order valence-corrected chi connectivity index (χ2v) is 10.0. The number of ether oxygens (including phenoxy) is 1. The summed E-state index contributed by atoms with van der Waals surface area (Å²) >= 11 is 13.8. The van der Waals surface area contributed by atoms with Crippen LogP contribution in [0.3, 0.4) is 0 Å². The number of thiazole rings is 1. The van der Waals surface area contributed by atoms with Crippen LogP contribution in [-0.4, -0.2) is 16.7 Å². The summed E-state index contributed by atoms with van der Waals surface area (Å²) < 4.78 is 6.70. The highest BCUT2D eigenvalue weighted by Gasteiger charge is 2.34. The van der Waals surface area contributed by atoms with Crippen LogP contribution in [0.1, 0.15) is 11.1 Å². The molecule has 1 amide bonds. The van der Waals surface area contributed by atoms with Gasteiger partial charge in [0.25, 0.3) is 5.91 Å². The predicted octanol–water partition coefficient (Wildman–Crippen LogP) is 8.23. The first-order valence-electron chi connectivity index (χ1n) is 11.3. The lowest BCUT2D eigenvalue weighted by Crippen LogP contribution is -2.32. The average Bonchev–Trinajstić information content (AvgIpc) is 3.46. The molecule has 0 unspecified atom stereocenters. The topological polar surface area (TPSA) is 54.8 Å². The minimum atomic E-state index is -0.264. The van der Waals surface area contributed by atoms with Gasteiger partial charge in [-0.3, -0.25) is 4.79 Å². The van der Waals surface area contributed by atoms with Gasteiger partial charge in [0.2, 0.25) is 0 Å². The number of rotatable bonds is 5. The third kappa shape index (κ3) is 4.74. The fourth-order valence-electron chi connectivity index (χ4n) is 3.90. The molecule has 1 aliphatic heterocycles. The highest BCUT2D eigenvalue weighted by molar-refractivity contribution is 7.22. The summed E-state index contributed by atoms with van der Waals surface area (Å²) in [6.07, 6.45) is 1.76. The molecule has 5 nitrogen and oxygen atoms in total. The van der Waals surface area contributed by atoms with Gasteiger partial charge in [-0.25, -0.2) is 14.9 Å². The Kier molecular flexibility index (Phi) is 6.22. The Hall–Kier alpha value is -3.97. The smallest absolute Gasteiger partial charge is 0.284 e. The Balaban J connectivity index is 1.36. The fourth-order valence-corrected chi connectivity index (χ4v) is 5.27. The maximum absolute atomic E-state index is 13.6. The number of carbonyl (C=O) groups is 1. The normalized spacial score (nSPS) is 14.4. The van der Waals surface area contributed by atoms with Crippen LogP contribution in [-0.2, 0) is 4.79 Å². The summed E-state index contributed by atoms with van der Waals surface area (Å²) in [6, 6.07) is 30.1. The van der Waals surface area contributed by atoms with Gasteiger partial charge in [-0.1, -0.05) is 95.2 Å². The number of aliphatic imine (C=N–C) groups is 1. The molecule has 0 spiro atoms. The molecule has 0 N–H and O–H groups in total. The first-order valence-corrected chi connectivity index (χ1v) is 12.9. The summed E-state index contributed by atoms with van der Waals surface area (Å²) in [5.74, 6) is 1.70. The van der Waals surface area contributed by atoms with Gasteiger partial charge in [-0.2, -0.15) is 0 Å². The maximum Gasteiger partial charge on any atom is 0.284 e. The van der Waals surface area contributed by atoms with Gasteiger partial charge >= 0.3 is 0 Å². The van der Waals surface area contributed by atoms with E-state index in [1.54, 1.807) is 23.1 Å². The molecule has 2 heterocycles. The Morgan fingerprint density at radius 1 is 0.811 bits per heavy atom. The lowest BCUT2D eigenvalue weighted by Gasteiger charge is -2.14. The van der Waals surface area contributed by atoms with Crippen molar-refractivity contribution >= 4 is 67.7 Å². The van der Waals surface area contributed by atoms with Crippen molar-refractivity contribution in [3.05, 3.63) is 124 Å². The lowest BCUT2D eigenvalue weighted by molar-refractivity contribution is -0.113. The molecule has 0 fully saturated rings. The highest BCUT2D eigenvalue weighted by atomic mass is 35.5. The van der Waals surface area contributed by atoms with E-state index < -0.39 is 0 Å². The third-order valence-electron chi connectivity index (χ3n) is 5.67. The number of aromatic nitrogens is 1. The van der Waals surface area contributed by atoms with Gasteiger partial charge in [0, 0.05) is 5.56 Å². The predicted molar refractivity (Wildman–Crippen MR) is 151 cm³/mol. The van der Waals surface area contributed by atoms with Gasteiger partial charge in [0.1, 0.15) is 23.0 Å². The molecule has 0 saturated heterocycles. The quantitative estimate of drug-likeness (QED) is 0.210. The number of amidine groups is 1. The molecular weight excluding hydrogens is 525 g/mol. The van der Waals surface area contributed by atoms with Gasteiger partial charge in [0.05, 0.1) is 20.3 Å². The Labute approximate surface area is 226 Å². The summed E-state index contributed by atoms with van der Waals surface area (Å²) in [5, 5.41) is 1.35. The number of benzene rings is 4. The van der Waals surface area contributed by atoms with Crippen LogP contribution < -0.4 is 9.64 Å². The molecule has 0 aliphatic carbocycles. The molecule has 0 bridgehead atoms. The molecule has 6 rings (SSSR count). The molecule has 1 aromatic heterocycles. The maximum atomic E-state index is 13.6. The van der Waals surface area contributed by atoms with Gasteiger partial charge in [-0.05, 0) is 48.0 Å². The molecular formula is C29H17Cl2N3O2S. The molecule has 4 aromatic carbocycles. The number of hydrogen-bond donors (Lipinski definition) is 0. The molecule has 1 aliphatic rings. The van der Waals surface area contributed by atoms with E-state index in [0.717, 1.165) is 21.6 Å². The summed E-state index contributed by atoms with van der Waals surface area (Å²) in [6.45, 7) is 0. The van der Waals surface area contributed by atoms with Crippen molar-refractivity contribution in [2.75, 3.05) is 4.90 Å². The van der Waals surface area contributed by atoms with E-state index in [4.69, 9.17) is 32.9 Å². The SMILES string of the molecule is O=C1C(=Cc2ccc(Oc3ccccc3)cc2)N=C(c2ccccc2)N1c1nc2cc(Cl)c(Cl)cc2s1. The van der Waals surface area contributed by atoms with Crippen molar-refractivity contribution in [2.45, 2.75) is 0 Å².